The number of carbonyl (C=O) groups is 1. The Hall–Kier alpha value is -2.99. The molecule has 0 radical (unpaired) electrons. The number of aromatic nitrogens is 3. The quantitative estimate of drug-likeness (QED) is 0.716. The first-order valence-corrected chi connectivity index (χ1v) is 9.10. The maximum absolute atomic E-state index is 13.1. The molecule has 2 aromatic carbocycles. The van der Waals surface area contributed by atoms with Crippen molar-refractivity contribution in [3.63, 3.8) is 0 Å². The average molecular weight is 361 g/mol. The van der Waals surface area contributed by atoms with E-state index in [9.17, 15) is 4.79 Å². The molecule has 0 N–H and O–H groups in total. The van der Waals surface area contributed by atoms with Crippen molar-refractivity contribution in [2.45, 2.75) is 19.0 Å². The third-order valence-electron chi connectivity index (χ3n) is 5.25. The number of hydrogen-bond donors (Lipinski definition) is 0. The number of amides is 1. The van der Waals surface area contributed by atoms with Crippen LogP contribution in [0.4, 0.5) is 0 Å². The number of benzene rings is 2. The largest absolute Gasteiger partial charge is 0.340 e. The Morgan fingerprint density at radius 2 is 1.89 bits per heavy atom. The second-order valence-corrected chi connectivity index (χ2v) is 7.08. The van der Waals surface area contributed by atoms with Crippen LogP contribution in [0.2, 0.25) is 0 Å². The zero-order valence-electron chi connectivity index (χ0n) is 15.6. The van der Waals surface area contributed by atoms with Gasteiger partial charge in [0.2, 0.25) is 0 Å². The molecular formula is C21H23N5O. The molecule has 0 saturated heterocycles. The van der Waals surface area contributed by atoms with Crippen LogP contribution >= 0.6 is 0 Å². The fraction of sp³-hybridized carbons (Fsp3) is 0.286. The molecular weight excluding hydrogens is 338 g/mol. The summed E-state index contributed by atoms with van der Waals surface area (Å²) in [5, 5.41) is 4.17. The van der Waals surface area contributed by atoms with Crippen molar-refractivity contribution in [3.8, 4) is 5.69 Å². The predicted molar refractivity (Wildman–Crippen MR) is 104 cm³/mol. The molecule has 0 unspecified atom stereocenters. The minimum Gasteiger partial charge on any atom is -0.340 e. The number of rotatable bonds is 4. The Morgan fingerprint density at radius 3 is 2.67 bits per heavy atom. The van der Waals surface area contributed by atoms with Crippen LogP contribution in [0.3, 0.4) is 0 Å². The van der Waals surface area contributed by atoms with Crippen LogP contribution in [-0.2, 0) is 13.0 Å². The molecule has 2 heterocycles. The molecule has 6 nitrogen and oxygen atoms in total. The Balaban J connectivity index is 1.53. The molecule has 0 fully saturated rings. The zero-order chi connectivity index (χ0) is 18.8. The zero-order valence-corrected chi connectivity index (χ0v) is 15.6. The van der Waals surface area contributed by atoms with Gasteiger partial charge in [-0.05, 0) is 36.7 Å². The van der Waals surface area contributed by atoms with E-state index in [1.54, 1.807) is 11.0 Å². The van der Waals surface area contributed by atoms with E-state index in [0.717, 1.165) is 18.7 Å². The lowest BCUT2D eigenvalue weighted by Gasteiger charge is -2.36. The normalized spacial score (nSPS) is 16.7. The standard InChI is InChI=1S/C21H23N5O/c1-24-12-17-8-4-3-7-16(17)11-18(24)13-25(2)21(27)19-9-5-6-10-20(19)26-15-22-14-23-26/h3-10,14-15,18H,11-13H2,1-2H3/t18-/m0/s1. The minimum absolute atomic E-state index is 0.00615. The van der Waals surface area contributed by atoms with Crippen LogP contribution in [0.5, 0.6) is 0 Å². The summed E-state index contributed by atoms with van der Waals surface area (Å²) in [7, 11) is 4.00. The maximum Gasteiger partial charge on any atom is 0.255 e. The molecule has 1 aliphatic heterocycles. The highest BCUT2D eigenvalue weighted by Gasteiger charge is 2.26. The lowest BCUT2D eigenvalue weighted by atomic mass is 9.94. The molecule has 0 saturated carbocycles. The van der Waals surface area contributed by atoms with Crippen molar-refractivity contribution in [1.82, 2.24) is 24.6 Å². The van der Waals surface area contributed by atoms with Gasteiger partial charge in [-0.1, -0.05) is 36.4 Å². The van der Waals surface area contributed by atoms with E-state index in [2.05, 4.69) is 46.3 Å². The van der Waals surface area contributed by atoms with Gasteiger partial charge in [-0.15, -0.1) is 0 Å². The summed E-state index contributed by atoms with van der Waals surface area (Å²) < 4.78 is 1.63. The molecule has 1 aliphatic rings. The molecule has 6 heteroatoms. The molecule has 138 valence electrons. The molecule has 1 atom stereocenters. The van der Waals surface area contributed by atoms with E-state index in [1.807, 2.05) is 36.2 Å². The Kier molecular flexibility index (Phi) is 4.73. The SMILES string of the molecule is CN(C[C@@H]1Cc2ccccc2CN1C)C(=O)c1ccccc1-n1cncn1. The van der Waals surface area contributed by atoms with E-state index in [4.69, 9.17) is 0 Å². The summed E-state index contributed by atoms with van der Waals surface area (Å²) in [5.74, 6) is -0.00615. The number of hydrogen-bond acceptors (Lipinski definition) is 4. The second kappa shape index (κ2) is 7.32. The molecule has 0 spiro atoms. The number of para-hydroxylation sites is 1. The van der Waals surface area contributed by atoms with Gasteiger partial charge in [0.15, 0.2) is 0 Å². The Labute approximate surface area is 159 Å². The van der Waals surface area contributed by atoms with E-state index in [1.165, 1.54) is 17.5 Å². The third kappa shape index (κ3) is 3.48. The first-order chi connectivity index (χ1) is 13.1. The highest BCUT2D eigenvalue weighted by molar-refractivity contribution is 5.97. The summed E-state index contributed by atoms with van der Waals surface area (Å²) in [6.07, 6.45) is 4.03. The molecule has 4 rings (SSSR count). The van der Waals surface area contributed by atoms with Gasteiger partial charge in [0.25, 0.3) is 5.91 Å². The van der Waals surface area contributed by atoms with Gasteiger partial charge in [-0.3, -0.25) is 9.69 Å². The fourth-order valence-electron chi connectivity index (χ4n) is 3.71. The van der Waals surface area contributed by atoms with Crippen LogP contribution in [0, 0.1) is 0 Å². The van der Waals surface area contributed by atoms with Crippen molar-refractivity contribution in [3.05, 3.63) is 77.9 Å². The topological polar surface area (TPSA) is 54.3 Å². The molecule has 3 aromatic rings. The van der Waals surface area contributed by atoms with E-state index in [0.29, 0.717) is 18.2 Å². The van der Waals surface area contributed by atoms with Gasteiger partial charge in [-0.2, -0.15) is 5.10 Å². The Bertz CT molecular complexity index is 937. The van der Waals surface area contributed by atoms with Crippen molar-refractivity contribution in [2.75, 3.05) is 20.6 Å². The van der Waals surface area contributed by atoms with Crippen LogP contribution < -0.4 is 0 Å². The van der Waals surface area contributed by atoms with E-state index >= 15 is 0 Å². The van der Waals surface area contributed by atoms with Gasteiger partial charge in [0, 0.05) is 26.2 Å². The first kappa shape index (κ1) is 17.4. The molecule has 1 aromatic heterocycles. The van der Waals surface area contributed by atoms with Crippen molar-refractivity contribution >= 4 is 5.91 Å². The van der Waals surface area contributed by atoms with Gasteiger partial charge < -0.3 is 4.90 Å². The van der Waals surface area contributed by atoms with Gasteiger partial charge >= 0.3 is 0 Å². The van der Waals surface area contributed by atoms with Crippen molar-refractivity contribution in [2.24, 2.45) is 0 Å². The Morgan fingerprint density at radius 1 is 1.15 bits per heavy atom. The van der Waals surface area contributed by atoms with E-state index in [-0.39, 0.29) is 5.91 Å². The number of nitrogens with zero attached hydrogens (tertiary/aromatic N) is 5. The van der Waals surface area contributed by atoms with Crippen LogP contribution in [0.1, 0.15) is 21.5 Å². The second-order valence-electron chi connectivity index (χ2n) is 7.08. The third-order valence-corrected chi connectivity index (χ3v) is 5.25. The summed E-state index contributed by atoms with van der Waals surface area (Å²) in [4.78, 5) is 21.3. The number of fused-ring (bicyclic) bond motifs is 1. The molecule has 27 heavy (non-hydrogen) atoms. The first-order valence-electron chi connectivity index (χ1n) is 9.10. The van der Waals surface area contributed by atoms with Crippen molar-refractivity contribution in [1.29, 1.82) is 0 Å². The fourth-order valence-corrected chi connectivity index (χ4v) is 3.71. The van der Waals surface area contributed by atoms with Crippen molar-refractivity contribution < 1.29 is 4.79 Å². The van der Waals surface area contributed by atoms with Gasteiger partial charge in [-0.25, -0.2) is 9.67 Å². The van der Waals surface area contributed by atoms with E-state index < -0.39 is 0 Å². The molecule has 1 amide bonds. The highest BCUT2D eigenvalue weighted by atomic mass is 16.2. The number of likely N-dealkylation sites (N-methyl/N-ethyl adjacent to an activating group) is 2. The summed E-state index contributed by atoms with van der Waals surface area (Å²) in [6, 6.07) is 16.4. The smallest absolute Gasteiger partial charge is 0.255 e. The minimum atomic E-state index is -0.00615. The van der Waals surface area contributed by atoms with Gasteiger partial charge in [0.1, 0.15) is 12.7 Å². The highest BCUT2D eigenvalue weighted by Crippen LogP contribution is 2.23. The molecule has 0 aliphatic carbocycles. The van der Waals surface area contributed by atoms with Crippen LogP contribution in [0.15, 0.2) is 61.2 Å². The molecule has 0 bridgehead atoms. The van der Waals surface area contributed by atoms with Gasteiger partial charge in [0.05, 0.1) is 11.3 Å². The number of carbonyl (C=O) groups excluding carboxylic acids is 1. The van der Waals surface area contributed by atoms with Crippen LogP contribution in [-0.4, -0.2) is 57.2 Å². The predicted octanol–water partition coefficient (Wildman–Crippen LogP) is 2.40. The lowest BCUT2D eigenvalue weighted by molar-refractivity contribution is 0.0733. The summed E-state index contributed by atoms with van der Waals surface area (Å²) in [5.41, 5.74) is 4.13. The van der Waals surface area contributed by atoms with Crippen LogP contribution in [0.25, 0.3) is 5.69 Å². The summed E-state index contributed by atoms with van der Waals surface area (Å²) in [6.45, 7) is 1.59. The average Bonchev–Trinajstić information content (AvgIpc) is 3.22. The monoisotopic (exact) mass is 361 g/mol. The lowest BCUT2D eigenvalue weighted by Crippen LogP contribution is -2.46. The summed E-state index contributed by atoms with van der Waals surface area (Å²) >= 11 is 0. The maximum atomic E-state index is 13.1.